The van der Waals surface area contributed by atoms with Crippen LogP contribution in [-0.4, -0.2) is 40.1 Å². The minimum atomic E-state index is -0.607. The summed E-state index contributed by atoms with van der Waals surface area (Å²) in [6.07, 6.45) is 1.77. The van der Waals surface area contributed by atoms with Crippen LogP contribution in [0.15, 0.2) is 24.4 Å². The average Bonchev–Trinajstić information content (AvgIpc) is 3.01. The Balaban J connectivity index is 1.82. The molecule has 0 radical (unpaired) electrons. The number of carbonyl (C=O) groups is 2. The van der Waals surface area contributed by atoms with Crippen molar-refractivity contribution in [2.75, 3.05) is 6.54 Å². The lowest BCUT2D eigenvalue weighted by atomic mass is 10.0. The molecule has 2 heterocycles. The van der Waals surface area contributed by atoms with Gasteiger partial charge in [-0.05, 0) is 45.9 Å². The van der Waals surface area contributed by atoms with Gasteiger partial charge in [-0.1, -0.05) is 0 Å². The fourth-order valence-electron chi connectivity index (χ4n) is 3.14. The topological polar surface area (TPSA) is 74.4 Å². The van der Waals surface area contributed by atoms with Crippen molar-refractivity contribution in [2.24, 2.45) is 0 Å². The molecule has 7 heteroatoms. The third-order valence-electron chi connectivity index (χ3n) is 4.24. The Hall–Kier alpha value is -2.57. The van der Waals surface area contributed by atoms with E-state index in [1.54, 1.807) is 33.0 Å². The number of aromatic nitrogens is 1. The van der Waals surface area contributed by atoms with Crippen molar-refractivity contribution in [1.82, 2.24) is 15.2 Å². The number of carbonyl (C=O) groups excluding carboxylic acids is 2. The van der Waals surface area contributed by atoms with Gasteiger partial charge in [-0.25, -0.2) is 9.18 Å². The van der Waals surface area contributed by atoms with Gasteiger partial charge in [0.25, 0.3) is 0 Å². The molecule has 2 aromatic rings. The molecule has 1 aromatic heterocycles. The zero-order valence-electron chi connectivity index (χ0n) is 14.7. The molecule has 1 aliphatic heterocycles. The Labute approximate surface area is 145 Å². The van der Waals surface area contributed by atoms with Crippen LogP contribution in [-0.2, 0) is 9.53 Å². The van der Waals surface area contributed by atoms with Gasteiger partial charge in [-0.2, -0.15) is 0 Å². The lowest BCUT2D eigenvalue weighted by Gasteiger charge is -2.25. The van der Waals surface area contributed by atoms with E-state index >= 15 is 0 Å². The fourth-order valence-corrected chi connectivity index (χ4v) is 3.14. The number of esters is 1. The Morgan fingerprint density at radius 1 is 1.36 bits per heavy atom. The number of hydrogen-bond donors (Lipinski definition) is 2. The van der Waals surface area contributed by atoms with Crippen molar-refractivity contribution in [3.8, 4) is 0 Å². The smallest absolute Gasteiger partial charge is 0.326 e. The summed E-state index contributed by atoms with van der Waals surface area (Å²) in [5.41, 5.74) is 0.982. The number of aromatic amines is 1. The summed E-state index contributed by atoms with van der Waals surface area (Å²) in [5, 5.41) is 3.59. The number of H-pyrrole nitrogens is 1. The lowest BCUT2D eigenvalue weighted by molar-refractivity contribution is -0.155. The molecule has 0 bridgehead atoms. The monoisotopic (exact) mass is 347 g/mol. The normalized spacial score (nSPS) is 20.8. The van der Waals surface area contributed by atoms with Crippen molar-refractivity contribution in [1.29, 1.82) is 0 Å². The molecule has 134 valence electrons. The van der Waals surface area contributed by atoms with Gasteiger partial charge in [0.1, 0.15) is 18.0 Å². The minimum Gasteiger partial charge on any atom is -0.459 e. The molecule has 1 saturated heterocycles. The third kappa shape index (κ3) is 3.45. The van der Waals surface area contributed by atoms with Crippen molar-refractivity contribution in [3.05, 3.63) is 35.8 Å². The number of fused-ring (bicyclic) bond motifs is 1. The molecule has 2 N–H and O–H groups in total. The number of benzene rings is 1. The van der Waals surface area contributed by atoms with Gasteiger partial charge < -0.3 is 19.9 Å². The van der Waals surface area contributed by atoms with Crippen LogP contribution in [0.3, 0.4) is 0 Å². The molecule has 1 unspecified atom stereocenters. The standard InChI is InChI=1S/C18H22FN3O3/c1-10-16(13-8-20-14-6-5-11(19)7-12(13)14)21-17(24)22(10)9-15(23)25-18(2,3)4/h5-8,10,16,20H,9H2,1-4H3,(H,21,24)/t10-,16?/m1/s1. The number of hydrogen-bond acceptors (Lipinski definition) is 3. The van der Waals surface area contributed by atoms with Gasteiger partial charge in [0.2, 0.25) is 0 Å². The Morgan fingerprint density at radius 3 is 2.76 bits per heavy atom. The van der Waals surface area contributed by atoms with Crippen molar-refractivity contribution in [2.45, 2.75) is 45.4 Å². The van der Waals surface area contributed by atoms with Crippen LogP contribution in [0.25, 0.3) is 10.9 Å². The zero-order valence-corrected chi connectivity index (χ0v) is 14.7. The van der Waals surface area contributed by atoms with Gasteiger partial charge in [-0.3, -0.25) is 4.79 Å². The van der Waals surface area contributed by atoms with Crippen LogP contribution in [0.1, 0.15) is 39.3 Å². The van der Waals surface area contributed by atoms with Crippen LogP contribution >= 0.6 is 0 Å². The van der Waals surface area contributed by atoms with Gasteiger partial charge in [0, 0.05) is 22.7 Å². The molecule has 0 spiro atoms. The van der Waals surface area contributed by atoms with E-state index in [4.69, 9.17) is 4.74 Å². The highest BCUT2D eigenvalue weighted by Gasteiger charge is 2.39. The maximum atomic E-state index is 13.6. The highest BCUT2D eigenvalue weighted by Crippen LogP contribution is 2.32. The lowest BCUT2D eigenvalue weighted by Crippen LogP contribution is -2.39. The van der Waals surface area contributed by atoms with E-state index in [1.807, 2.05) is 6.92 Å². The summed E-state index contributed by atoms with van der Waals surface area (Å²) in [5.74, 6) is -0.795. The third-order valence-corrected chi connectivity index (χ3v) is 4.24. The molecule has 1 aromatic carbocycles. The maximum absolute atomic E-state index is 13.6. The second kappa shape index (κ2) is 6.06. The van der Waals surface area contributed by atoms with E-state index in [1.165, 1.54) is 17.0 Å². The molecule has 3 rings (SSSR count). The Kier molecular flexibility index (Phi) is 4.18. The number of urea groups is 1. The van der Waals surface area contributed by atoms with E-state index < -0.39 is 11.6 Å². The van der Waals surface area contributed by atoms with Gasteiger partial charge in [0.15, 0.2) is 0 Å². The van der Waals surface area contributed by atoms with Gasteiger partial charge in [-0.15, -0.1) is 0 Å². The predicted octanol–water partition coefficient (Wildman–Crippen LogP) is 3.10. The van der Waals surface area contributed by atoms with Gasteiger partial charge in [0.05, 0.1) is 12.1 Å². The molecular formula is C18H22FN3O3. The molecule has 1 aliphatic rings. The van der Waals surface area contributed by atoms with Crippen LogP contribution < -0.4 is 5.32 Å². The second-order valence-corrected chi connectivity index (χ2v) is 7.32. The van der Waals surface area contributed by atoms with E-state index in [0.29, 0.717) is 0 Å². The molecular weight excluding hydrogens is 325 g/mol. The first-order valence-corrected chi connectivity index (χ1v) is 8.21. The van der Waals surface area contributed by atoms with Crippen molar-refractivity contribution in [3.63, 3.8) is 0 Å². The molecule has 2 atom stereocenters. The molecule has 25 heavy (non-hydrogen) atoms. The second-order valence-electron chi connectivity index (χ2n) is 7.32. The largest absolute Gasteiger partial charge is 0.459 e. The highest BCUT2D eigenvalue weighted by atomic mass is 19.1. The van der Waals surface area contributed by atoms with E-state index in [-0.39, 0.29) is 30.5 Å². The molecule has 0 aliphatic carbocycles. The number of halogens is 1. The number of nitrogens with zero attached hydrogens (tertiary/aromatic N) is 1. The predicted molar refractivity (Wildman–Crippen MR) is 91.5 cm³/mol. The van der Waals surface area contributed by atoms with Gasteiger partial charge >= 0.3 is 12.0 Å². The van der Waals surface area contributed by atoms with Crippen LogP contribution in [0.5, 0.6) is 0 Å². The first-order valence-electron chi connectivity index (χ1n) is 8.21. The number of nitrogens with one attached hydrogen (secondary N) is 2. The Morgan fingerprint density at radius 2 is 2.08 bits per heavy atom. The summed E-state index contributed by atoms with van der Waals surface area (Å²) < 4.78 is 18.9. The van der Waals surface area contributed by atoms with E-state index in [9.17, 15) is 14.0 Å². The highest BCUT2D eigenvalue weighted by molar-refractivity contribution is 5.87. The number of amides is 2. The SMILES string of the molecule is C[C@@H]1C(c2c[nH]c3ccc(F)cc23)NC(=O)N1CC(=O)OC(C)(C)C. The molecule has 0 saturated carbocycles. The van der Waals surface area contributed by atoms with Crippen LogP contribution in [0, 0.1) is 5.82 Å². The van der Waals surface area contributed by atoms with Crippen molar-refractivity contribution < 1.29 is 18.7 Å². The summed E-state index contributed by atoms with van der Waals surface area (Å²) in [7, 11) is 0. The molecule has 1 fully saturated rings. The first kappa shape index (κ1) is 17.3. The summed E-state index contributed by atoms with van der Waals surface area (Å²) >= 11 is 0. The Bertz CT molecular complexity index is 825. The summed E-state index contributed by atoms with van der Waals surface area (Å²) in [4.78, 5) is 28.9. The molecule has 6 nitrogen and oxygen atoms in total. The first-order chi connectivity index (χ1) is 11.7. The van der Waals surface area contributed by atoms with E-state index in [2.05, 4.69) is 10.3 Å². The number of ether oxygens (including phenoxy) is 1. The zero-order chi connectivity index (χ0) is 18.4. The van der Waals surface area contributed by atoms with Crippen molar-refractivity contribution >= 4 is 22.9 Å². The average molecular weight is 347 g/mol. The maximum Gasteiger partial charge on any atom is 0.326 e. The van der Waals surface area contributed by atoms with E-state index in [0.717, 1.165) is 16.5 Å². The summed E-state index contributed by atoms with van der Waals surface area (Å²) in [6.45, 7) is 7.06. The minimum absolute atomic E-state index is 0.127. The summed E-state index contributed by atoms with van der Waals surface area (Å²) in [6, 6.07) is 3.53. The fraction of sp³-hybridized carbons (Fsp3) is 0.444. The van der Waals surface area contributed by atoms with Crippen LogP contribution in [0.2, 0.25) is 0 Å². The van der Waals surface area contributed by atoms with Crippen LogP contribution in [0.4, 0.5) is 9.18 Å². The molecule has 2 amide bonds. The number of rotatable bonds is 3. The quantitative estimate of drug-likeness (QED) is 0.838.